The number of hydrogen-bond donors (Lipinski definition) is 2. The zero-order valence-electron chi connectivity index (χ0n) is 14.8. The Morgan fingerprint density at radius 2 is 2.04 bits per heavy atom. The average molecular weight is 437 g/mol. The summed E-state index contributed by atoms with van der Waals surface area (Å²) in [6, 6.07) is 0. The van der Waals surface area contributed by atoms with Crippen molar-refractivity contribution >= 4 is 29.9 Å². The fourth-order valence-electron chi connectivity index (χ4n) is 1.98. The van der Waals surface area contributed by atoms with E-state index >= 15 is 0 Å². The van der Waals surface area contributed by atoms with E-state index in [2.05, 4.69) is 40.8 Å². The van der Waals surface area contributed by atoms with Gasteiger partial charge in [-0.25, -0.2) is 0 Å². The molecular formula is C16H32IN5O. The summed E-state index contributed by atoms with van der Waals surface area (Å²) in [7, 11) is 3.73. The van der Waals surface area contributed by atoms with Gasteiger partial charge in [0.2, 0.25) is 0 Å². The molecule has 134 valence electrons. The van der Waals surface area contributed by atoms with Gasteiger partial charge in [0, 0.05) is 40.0 Å². The lowest BCUT2D eigenvalue weighted by atomic mass is 10.1. The number of guanidine groups is 1. The van der Waals surface area contributed by atoms with E-state index in [0.717, 1.165) is 44.9 Å². The van der Waals surface area contributed by atoms with Crippen molar-refractivity contribution in [3.05, 3.63) is 18.0 Å². The number of nitrogens with zero attached hydrogens (tertiary/aromatic N) is 3. The summed E-state index contributed by atoms with van der Waals surface area (Å²) in [5.41, 5.74) is 1.27. The number of halogens is 1. The van der Waals surface area contributed by atoms with Crippen LogP contribution in [0.4, 0.5) is 0 Å². The first kappa shape index (κ1) is 22.2. The molecule has 0 bridgehead atoms. The van der Waals surface area contributed by atoms with Crippen molar-refractivity contribution < 1.29 is 4.74 Å². The summed E-state index contributed by atoms with van der Waals surface area (Å²) >= 11 is 0. The fourth-order valence-corrected chi connectivity index (χ4v) is 1.98. The third-order valence-electron chi connectivity index (χ3n) is 3.30. The number of aliphatic imine (C=N–C) groups is 1. The van der Waals surface area contributed by atoms with Crippen molar-refractivity contribution in [3.8, 4) is 0 Å². The molecule has 0 fully saturated rings. The van der Waals surface area contributed by atoms with Crippen LogP contribution in [0.1, 0.15) is 32.3 Å². The van der Waals surface area contributed by atoms with Crippen LogP contribution in [0.25, 0.3) is 0 Å². The minimum absolute atomic E-state index is 0. The van der Waals surface area contributed by atoms with Gasteiger partial charge in [-0.15, -0.1) is 24.0 Å². The molecule has 1 aromatic rings. The first-order valence-electron chi connectivity index (χ1n) is 8.11. The maximum atomic E-state index is 5.57. The van der Waals surface area contributed by atoms with Crippen LogP contribution in [0.2, 0.25) is 0 Å². The zero-order chi connectivity index (χ0) is 16.2. The minimum atomic E-state index is 0. The van der Waals surface area contributed by atoms with Gasteiger partial charge in [-0.05, 0) is 30.7 Å². The molecule has 0 saturated carbocycles. The monoisotopic (exact) mass is 437 g/mol. The Labute approximate surface area is 157 Å². The van der Waals surface area contributed by atoms with Gasteiger partial charge in [0.1, 0.15) is 0 Å². The van der Waals surface area contributed by atoms with E-state index in [0.29, 0.717) is 12.5 Å². The van der Waals surface area contributed by atoms with E-state index in [1.54, 1.807) is 7.05 Å². The third-order valence-corrected chi connectivity index (χ3v) is 3.30. The topological polar surface area (TPSA) is 63.5 Å². The van der Waals surface area contributed by atoms with E-state index in [-0.39, 0.29) is 24.0 Å². The Hall–Kier alpha value is -0.830. The highest BCUT2D eigenvalue weighted by Crippen LogP contribution is 2.00. The Kier molecular flexibility index (Phi) is 13.1. The summed E-state index contributed by atoms with van der Waals surface area (Å²) in [6.07, 6.45) is 7.16. The molecule has 0 saturated heterocycles. The van der Waals surface area contributed by atoms with Gasteiger partial charge >= 0.3 is 0 Å². The van der Waals surface area contributed by atoms with Crippen LogP contribution in [-0.2, 0) is 18.2 Å². The molecule has 1 heterocycles. The highest BCUT2D eigenvalue weighted by Gasteiger charge is 1.99. The Morgan fingerprint density at radius 1 is 1.30 bits per heavy atom. The van der Waals surface area contributed by atoms with Crippen LogP contribution in [0.15, 0.2) is 17.4 Å². The molecule has 7 heteroatoms. The predicted octanol–water partition coefficient (Wildman–Crippen LogP) is 2.20. The lowest BCUT2D eigenvalue weighted by Gasteiger charge is -2.12. The predicted molar refractivity (Wildman–Crippen MR) is 107 cm³/mol. The molecule has 0 aromatic carbocycles. The second-order valence-corrected chi connectivity index (χ2v) is 5.85. The molecule has 23 heavy (non-hydrogen) atoms. The molecule has 2 N–H and O–H groups in total. The van der Waals surface area contributed by atoms with Gasteiger partial charge in [0.05, 0.1) is 12.8 Å². The highest BCUT2D eigenvalue weighted by atomic mass is 127. The maximum absolute atomic E-state index is 5.57. The molecule has 1 aromatic heterocycles. The summed E-state index contributed by atoms with van der Waals surface area (Å²) in [6.45, 7) is 7.63. The van der Waals surface area contributed by atoms with Crippen molar-refractivity contribution in [2.45, 2.75) is 33.1 Å². The molecule has 0 amide bonds. The largest absolute Gasteiger partial charge is 0.380 e. The number of rotatable bonds is 10. The molecule has 0 unspecified atom stereocenters. The summed E-state index contributed by atoms with van der Waals surface area (Å²) in [5.74, 6) is 1.53. The lowest BCUT2D eigenvalue weighted by Crippen LogP contribution is -2.39. The van der Waals surface area contributed by atoms with E-state index in [1.807, 2.05) is 17.9 Å². The van der Waals surface area contributed by atoms with Gasteiger partial charge in [0.15, 0.2) is 5.96 Å². The van der Waals surface area contributed by atoms with Crippen molar-refractivity contribution in [1.82, 2.24) is 20.4 Å². The minimum Gasteiger partial charge on any atom is -0.380 e. The SMILES string of the molecule is CN=C(NCCCc1cnn(C)c1)NCCOCCC(C)C.I. The van der Waals surface area contributed by atoms with E-state index in [4.69, 9.17) is 4.74 Å². The quantitative estimate of drug-likeness (QED) is 0.255. The van der Waals surface area contributed by atoms with Crippen molar-refractivity contribution in [1.29, 1.82) is 0 Å². The smallest absolute Gasteiger partial charge is 0.191 e. The fraction of sp³-hybridized carbons (Fsp3) is 0.750. The van der Waals surface area contributed by atoms with Crippen LogP contribution in [0, 0.1) is 5.92 Å². The Balaban J connectivity index is 0.00000484. The lowest BCUT2D eigenvalue weighted by molar-refractivity contribution is 0.128. The normalized spacial score (nSPS) is 11.4. The molecule has 6 nitrogen and oxygen atoms in total. The van der Waals surface area contributed by atoms with Gasteiger partial charge < -0.3 is 15.4 Å². The van der Waals surface area contributed by atoms with Crippen LogP contribution in [0.5, 0.6) is 0 Å². The van der Waals surface area contributed by atoms with E-state index < -0.39 is 0 Å². The molecule has 0 aliphatic rings. The summed E-state index contributed by atoms with van der Waals surface area (Å²) in [5, 5.41) is 10.7. The highest BCUT2D eigenvalue weighted by molar-refractivity contribution is 14.0. The van der Waals surface area contributed by atoms with E-state index in [1.165, 1.54) is 5.56 Å². The Bertz CT molecular complexity index is 434. The van der Waals surface area contributed by atoms with Gasteiger partial charge in [-0.3, -0.25) is 9.67 Å². The van der Waals surface area contributed by atoms with Crippen LogP contribution in [-0.4, -0.2) is 49.1 Å². The van der Waals surface area contributed by atoms with Crippen molar-refractivity contribution in [3.63, 3.8) is 0 Å². The molecule has 0 spiro atoms. The van der Waals surface area contributed by atoms with Crippen LogP contribution < -0.4 is 10.6 Å². The number of aryl methyl sites for hydroxylation is 2. The number of ether oxygens (including phenoxy) is 1. The third kappa shape index (κ3) is 11.4. The Morgan fingerprint density at radius 3 is 2.65 bits per heavy atom. The zero-order valence-corrected chi connectivity index (χ0v) is 17.2. The first-order valence-corrected chi connectivity index (χ1v) is 8.11. The molecule has 0 aliphatic heterocycles. The summed E-state index contributed by atoms with van der Waals surface area (Å²) < 4.78 is 7.41. The summed E-state index contributed by atoms with van der Waals surface area (Å²) in [4.78, 5) is 4.21. The number of hydrogen-bond acceptors (Lipinski definition) is 3. The van der Waals surface area contributed by atoms with Crippen molar-refractivity contribution in [2.75, 3.05) is 33.4 Å². The standard InChI is InChI=1S/C16H31N5O.HI/c1-14(2)7-10-22-11-9-19-16(17-3)18-8-5-6-15-12-20-21(4)13-15;/h12-14H,5-11H2,1-4H3,(H2,17,18,19);1H. The maximum Gasteiger partial charge on any atom is 0.191 e. The first-order chi connectivity index (χ1) is 10.6. The molecule has 0 atom stereocenters. The molecule has 0 aliphatic carbocycles. The van der Waals surface area contributed by atoms with Crippen LogP contribution >= 0.6 is 24.0 Å². The molecule has 0 radical (unpaired) electrons. The van der Waals surface area contributed by atoms with Gasteiger partial charge in [0.25, 0.3) is 0 Å². The van der Waals surface area contributed by atoms with Gasteiger partial charge in [-0.1, -0.05) is 13.8 Å². The molecule has 1 rings (SSSR count). The van der Waals surface area contributed by atoms with Crippen LogP contribution in [0.3, 0.4) is 0 Å². The average Bonchev–Trinajstić information content (AvgIpc) is 2.90. The number of nitrogens with one attached hydrogen (secondary N) is 2. The molecular weight excluding hydrogens is 405 g/mol. The van der Waals surface area contributed by atoms with E-state index in [9.17, 15) is 0 Å². The van der Waals surface area contributed by atoms with Crippen molar-refractivity contribution in [2.24, 2.45) is 18.0 Å². The second kappa shape index (κ2) is 13.6. The second-order valence-electron chi connectivity index (χ2n) is 5.85. The number of aromatic nitrogens is 2. The van der Waals surface area contributed by atoms with Gasteiger partial charge in [-0.2, -0.15) is 5.10 Å².